The first-order valence-electron chi connectivity index (χ1n) is 19.6. The smallest absolute Gasteiger partial charge is 0.312 e. The monoisotopic (exact) mass is 810 g/mol. The van der Waals surface area contributed by atoms with Gasteiger partial charge in [0, 0.05) is 61.2 Å². The van der Waals surface area contributed by atoms with Gasteiger partial charge in [0.15, 0.2) is 5.75 Å². The van der Waals surface area contributed by atoms with Crippen molar-refractivity contribution in [1.29, 1.82) is 0 Å². The number of hydrogen-bond acceptors (Lipinski definition) is 14. The molecular formula is C43H58N2O13. The van der Waals surface area contributed by atoms with Crippen LogP contribution in [0.1, 0.15) is 96.1 Å². The number of carbonyl (C=O) groups is 3. The molecular weight excluding hydrogens is 752 g/mol. The van der Waals surface area contributed by atoms with Crippen LogP contribution in [0.2, 0.25) is 0 Å². The fraction of sp³-hybridized carbons (Fsp3) is 0.535. The van der Waals surface area contributed by atoms with Crippen LogP contribution in [0.25, 0.3) is 10.8 Å². The van der Waals surface area contributed by atoms with Crippen LogP contribution in [0.15, 0.2) is 41.3 Å². The van der Waals surface area contributed by atoms with E-state index in [2.05, 4.69) is 10.5 Å². The highest BCUT2D eigenvalue weighted by Gasteiger charge is 2.50. The predicted molar refractivity (Wildman–Crippen MR) is 217 cm³/mol. The molecule has 15 nitrogen and oxygen atoms in total. The number of fused-ring (bicyclic) bond motifs is 14. The van der Waals surface area contributed by atoms with Crippen molar-refractivity contribution in [2.45, 2.75) is 112 Å². The summed E-state index contributed by atoms with van der Waals surface area (Å²) >= 11 is 0. The second-order valence-corrected chi connectivity index (χ2v) is 15.4. The molecule has 3 aliphatic heterocycles. The minimum atomic E-state index is -2.05. The summed E-state index contributed by atoms with van der Waals surface area (Å²) in [5.41, 5.74) is -0.565. The van der Waals surface area contributed by atoms with Crippen molar-refractivity contribution in [3.63, 3.8) is 0 Å². The van der Waals surface area contributed by atoms with Gasteiger partial charge in [0.05, 0.1) is 53.0 Å². The number of ether oxygens (including phenoxy) is 4. The van der Waals surface area contributed by atoms with Gasteiger partial charge in [-0.05, 0) is 26.3 Å². The Morgan fingerprint density at radius 1 is 0.966 bits per heavy atom. The predicted octanol–water partition coefficient (Wildman–Crippen LogP) is 6.29. The maximum atomic E-state index is 14.3. The van der Waals surface area contributed by atoms with Gasteiger partial charge in [-0.25, -0.2) is 0 Å². The number of phenols is 3. The second kappa shape index (κ2) is 19.1. The molecule has 1 amide bonds. The highest BCUT2D eigenvalue weighted by Crippen LogP contribution is 2.55. The first kappa shape index (κ1) is 45.6. The average molecular weight is 811 g/mol. The molecule has 5 bridgehead atoms. The van der Waals surface area contributed by atoms with Gasteiger partial charge < -0.3 is 54.6 Å². The molecule has 3 heterocycles. The van der Waals surface area contributed by atoms with Gasteiger partial charge in [0.2, 0.25) is 0 Å². The summed E-state index contributed by atoms with van der Waals surface area (Å²) < 4.78 is 23.5. The number of allylic oxidation sites excluding steroid dienone is 2. The largest absolute Gasteiger partial charge is 0.507 e. The maximum Gasteiger partial charge on any atom is 0.312 e. The molecule has 2 aromatic carbocycles. The van der Waals surface area contributed by atoms with E-state index in [1.54, 1.807) is 39.8 Å². The first-order chi connectivity index (χ1) is 27.3. The zero-order valence-corrected chi connectivity index (χ0v) is 34.9. The number of oxime groups is 1. The van der Waals surface area contributed by atoms with Crippen LogP contribution < -0.4 is 10.1 Å². The maximum absolute atomic E-state index is 14.3. The third-order valence-corrected chi connectivity index (χ3v) is 11.1. The molecule has 0 spiro atoms. The summed E-state index contributed by atoms with van der Waals surface area (Å²) in [6.45, 7) is 14.7. The van der Waals surface area contributed by atoms with E-state index >= 15 is 0 Å². The fourth-order valence-corrected chi connectivity index (χ4v) is 7.43. The highest BCUT2D eigenvalue weighted by molar-refractivity contribution is 6.23. The number of aliphatic hydroxyl groups is 2. The molecule has 2 aromatic rings. The number of nitrogens with zero attached hydrogens (tertiary/aromatic N) is 1. The lowest BCUT2D eigenvalue weighted by molar-refractivity contribution is -0.160. The average Bonchev–Trinajstić information content (AvgIpc) is 3.45. The Balaban J connectivity index is 1.95. The zero-order chi connectivity index (χ0) is 43.2. The summed E-state index contributed by atoms with van der Waals surface area (Å²) in [6.07, 6.45) is 7.10. The van der Waals surface area contributed by atoms with E-state index in [-0.39, 0.29) is 51.1 Å². The van der Waals surface area contributed by atoms with E-state index < -0.39 is 88.8 Å². The fourth-order valence-electron chi connectivity index (χ4n) is 7.43. The Kier molecular flexibility index (Phi) is 15.0. The van der Waals surface area contributed by atoms with Crippen molar-refractivity contribution in [3.8, 4) is 23.0 Å². The van der Waals surface area contributed by atoms with Crippen LogP contribution in [0, 0.1) is 30.6 Å². The van der Waals surface area contributed by atoms with Crippen LogP contribution >= 0.6 is 0 Å². The molecule has 0 saturated heterocycles. The van der Waals surface area contributed by atoms with Crippen molar-refractivity contribution in [3.05, 3.63) is 52.8 Å². The number of ketones is 1. The third-order valence-electron chi connectivity index (χ3n) is 11.1. The standard InChI is InChI=1S/C43H58N2O13/c1-11-12-13-18-56-44-20-28-33-38(51)31-30(37(28)50)32-40(26(7)36(31)49)58-43(9,41(32)52)55-19-17-29(54-10)23(4)39(57-27(8)46)25(6)35(48)24(5)34(47)21(2)15-14-16-22(3)42(53)45-33/h14-17,19-21,23-25,29,34-35,39,47-51H,11-13,18H2,1-10H3,(H,45,53)/b15-14?,19-17?,22-16?,44-20+. The van der Waals surface area contributed by atoms with Gasteiger partial charge in [-0.15, -0.1) is 0 Å². The second-order valence-electron chi connectivity index (χ2n) is 15.4. The molecule has 0 saturated carbocycles. The lowest BCUT2D eigenvalue weighted by Crippen LogP contribution is -2.46. The number of esters is 1. The van der Waals surface area contributed by atoms with Crippen molar-refractivity contribution >= 4 is 40.3 Å². The number of hydrogen-bond donors (Lipinski definition) is 6. The number of methoxy groups -OCH3 is 1. The van der Waals surface area contributed by atoms with Gasteiger partial charge in [-0.1, -0.05) is 70.8 Å². The van der Waals surface area contributed by atoms with Gasteiger partial charge >= 0.3 is 11.8 Å². The van der Waals surface area contributed by atoms with Crippen LogP contribution in [0.4, 0.5) is 5.69 Å². The Morgan fingerprint density at radius 3 is 2.29 bits per heavy atom. The summed E-state index contributed by atoms with van der Waals surface area (Å²) in [7, 11) is 1.43. The normalized spacial score (nSPS) is 28.4. The van der Waals surface area contributed by atoms with Crippen molar-refractivity contribution < 1.29 is 63.7 Å². The molecule has 9 atom stereocenters. The van der Waals surface area contributed by atoms with E-state index in [9.17, 15) is 39.9 Å². The third kappa shape index (κ3) is 9.27. The van der Waals surface area contributed by atoms with E-state index in [0.717, 1.165) is 19.1 Å². The van der Waals surface area contributed by atoms with Gasteiger partial charge in [-0.2, -0.15) is 0 Å². The lowest BCUT2D eigenvalue weighted by atomic mass is 9.78. The molecule has 0 aliphatic carbocycles. The number of aliphatic hydroxyl groups excluding tert-OH is 2. The molecule has 6 N–H and O–H groups in total. The van der Waals surface area contributed by atoms with E-state index in [0.29, 0.717) is 6.42 Å². The topological polar surface area (TPSA) is 223 Å². The molecule has 0 aromatic heterocycles. The summed E-state index contributed by atoms with van der Waals surface area (Å²) in [4.78, 5) is 45.7. The Hall–Kier alpha value is -5.12. The molecule has 3 aliphatic rings. The number of aromatic hydroxyl groups is 3. The SMILES string of the molecule is CCCCCO/N=C/c1c2c(O)c3c(O)c(C)c4c(c3c1O)C(=O)C(C)(OC=CC(OC)C(C)C(OC(C)=O)C(C)C(O)C(C)C(O)C(C)C=CC=C(C)C(=O)N2)O4. The van der Waals surface area contributed by atoms with E-state index in [4.69, 9.17) is 23.8 Å². The number of benzene rings is 2. The molecule has 318 valence electrons. The molecule has 5 rings (SSSR count). The number of rotatable bonds is 8. The van der Waals surface area contributed by atoms with Crippen LogP contribution in [0.5, 0.6) is 23.0 Å². The number of unbranched alkanes of at least 4 members (excludes halogenated alkanes) is 2. The quantitative estimate of drug-likeness (QED) is 0.0431. The summed E-state index contributed by atoms with van der Waals surface area (Å²) in [5, 5.41) is 64.0. The number of anilines is 1. The first-order valence-corrected chi connectivity index (χ1v) is 19.6. The summed E-state index contributed by atoms with van der Waals surface area (Å²) in [6, 6.07) is 0. The van der Waals surface area contributed by atoms with Gasteiger partial charge in [0.1, 0.15) is 30.0 Å². The molecule has 9 unspecified atom stereocenters. The lowest BCUT2D eigenvalue weighted by Gasteiger charge is -2.38. The minimum Gasteiger partial charge on any atom is -0.507 e. The molecule has 15 heteroatoms. The van der Waals surface area contributed by atoms with Crippen LogP contribution in [-0.2, 0) is 28.6 Å². The molecule has 0 radical (unpaired) electrons. The Morgan fingerprint density at radius 2 is 1.66 bits per heavy atom. The van der Waals surface area contributed by atoms with Crippen molar-refractivity contribution in [2.75, 3.05) is 19.0 Å². The highest BCUT2D eigenvalue weighted by atomic mass is 16.7. The Bertz CT molecular complexity index is 1990. The van der Waals surface area contributed by atoms with E-state index in [1.807, 2.05) is 6.92 Å². The van der Waals surface area contributed by atoms with E-state index in [1.165, 1.54) is 53.2 Å². The molecule has 0 fully saturated rings. The van der Waals surface area contributed by atoms with Crippen LogP contribution in [-0.4, -0.2) is 93.3 Å². The Labute approximate surface area is 338 Å². The molecule has 58 heavy (non-hydrogen) atoms. The number of phenolic OH excluding ortho intramolecular Hbond substituents is 3. The number of nitrogens with one attached hydrogen (secondary N) is 1. The van der Waals surface area contributed by atoms with Crippen molar-refractivity contribution in [1.82, 2.24) is 0 Å². The zero-order valence-electron chi connectivity index (χ0n) is 34.9. The summed E-state index contributed by atoms with van der Waals surface area (Å²) in [5.74, 6) is -8.57. The van der Waals surface area contributed by atoms with Gasteiger partial charge in [-0.3, -0.25) is 14.4 Å². The minimum absolute atomic E-state index is 0.0391. The number of amides is 1. The number of Topliss-reactive ketones (excluding diaryl/α,β-unsaturated/α-hetero) is 1. The van der Waals surface area contributed by atoms with Gasteiger partial charge in [0.25, 0.3) is 11.7 Å². The van der Waals surface area contributed by atoms with Crippen LogP contribution in [0.3, 0.4) is 0 Å². The van der Waals surface area contributed by atoms with Crippen molar-refractivity contribution in [2.24, 2.45) is 28.8 Å². The number of carbonyl (C=O) groups excluding carboxylic acids is 3.